The minimum Gasteiger partial charge on any atom is -0.465 e. The van der Waals surface area contributed by atoms with Crippen LogP contribution in [0.4, 0.5) is 14.0 Å². The molecule has 1 aromatic heterocycles. The molecule has 10 heteroatoms. The van der Waals surface area contributed by atoms with E-state index in [9.17, 15) is 18.8 Å². The number of amides is 3. The summed E-state index contributed by atoms with van der Waals surface area (Å²) in [6, 6.07) is 12.8. The van der Waals surface area contributed by atoms with Gasteiger partial charge in [-0.3, -0.25) is 4.79 Å². The van der Waals surface area contributed by atoms with E-state index in [1.807, 2.05) is 18.2 Å². The highest BCUT2D eigenvalue weighted by molar-refractivity contribution is 5.98. The fourth-order valence-corrected chi connectivity index (χ4v) is 3.33. The van der Waals surface area contributed by atoms with Crippen LogP contribution in [0, 0.1) is 5.82 Å². The van der Waals surface area contributed by atoms with Crippen molar-refractivity contribution >= 4 is 29.0 Å². The third kappa shape index (κ3) is 6.21. The first-order chi connectivity index (χ1) is 15.3. The Kier molecular flexibility index (Phi) is 7.27. The molecule has 3 aromatic rings. The van der Waals surface area contributed by atoms with Gasteiger partial charge in [0.1, 0.15) is 11.5 Å². The molecule has 1 heterocycles. The Bertz CT molecular complexity index is 1110. The summed E-state index contributed by atoms with van der Waals surface area (Å²) >= 11 is 0. The Hall–Kier alpha value is -4.08. The van der Waals surface area contributed by atoms with Gasteiger partial charge in [-0.15, -0.1) is 0 Å². The molecule has 2 aromatic carbocycles. The first-order valence-corrected chi connectivity index (χ1v) is 9.95. The minimum absolute atomic E-state index is 0.0500. The quantitative estimate of drug-likeness (QED) is 0.282. The van der Waals surface area contributed by atoms with Crippen LogP contribution >= 0.6 is 0 Å². The Morgan fingerprint density at radius 3 is 2.34 bits per heavy atom. The van der Waals surface area contributed by atoms with Crippen molar-refractivity contribution in [2.75, 3.05) is 13.1 Å². The molecule has 0 radical (unpaired) electrons. The molecule has 0 fully saturated rings. The second-order valence-corrected chi connectivity index (χ2v) is 7.22. The summed E-state index contributed by atoms with van der Waals surface area (Å²) in [5, 5.41) is 25.6. The maximum Gasteiger partial charge on any atom is 0.404 e. The van der Waals surface area contributed by atoms with Crippen molar-refractivity contribution in [1.82, 2.24) is 20.9 Å². The van der Waals surface area contributed by atoms with Gasteiger partial charge in [0.2, 0.25) is 0 Å². The Morgan fingerprint density at radius 1 is 0.938 bits per heavy atom. The smallest absolute Gasteiger partial charge is 0.404 e. The third-order valence-electron chi connectivity index (χ3n) is 4.89. The summed E-state index contributed by atoms with van der Waals surface area (Å²) < 4.78 is 13.2. The van der Waals surface area contributed by atoms with E-state index in [-0.39, 0.29) is 18.9 Å². The SMILES string of the molecule is O=C(O)NCCC[C@H](CNC(=O)c1cc2ccc(-c3ccc(F)cc3)cc2[nH]1)NC(=O)O. The van der Waals surface area contributed by atoms with Gasteiger partial charge in [0.05, 0.1) is 0 Å². The number of carboxylic acid groups (broad SMARTS) is 2. The van der Waals surface area contributed by atoms with Crippen molar-refractivity contribution in [1.29, 1.82) is 0 Å². The largest absolute Gasteiger partial charge is 0.465 e. The average molecular weight is 442 g/mol. The van der Waals surface area contributed by atoms with Crippen molar-refractivity contribution in [3.63, 3.8) is 0 Å². The van der Waals surface area contributed by atoms with Crippen LogP contribution in [-0.2, 0) is 0 Å². The highest BCUT2D eigenvalue weighted by Crippen LogP contribution is 2.25. The van der Waals surface area contributed by atoms with Crippen LogP contribution in [0.1, 0.15) is 23.3 Å². The molecule has 0 saturated carbocycles. The van der Waals surface area contributed by atoms with Crippen LogP contribution < -0.4 is 16.0 Å². The first kappa shape index (κ1) is 22.6. The van der Waals surface area contributed by atoms with Gasteiger partial charge in [-0.1, -0.05) is 24.3 Å². The number of fused-ring (bicyclic) bond motifs is 1. The van der Waals surface area contributed by atoms with E-state index in [0.717, 1.165) is 22.0 Å². The number of rotatable bonds is 9. The Labute approximate surface area is 182 Å². The van der Waals surface area contributed by atoms with Crippen LogP contribution in [0.2, 0.25) is 0 Å². The van der Waals surface area contributed by atoms with Crippen molar-refractivity contribution in [3.8, 4) is 11.1 Å². The zero-order chi connectivity index (χ0) is 23.1. The highest BCUT2D eigenvalue weighted by Gasteiger charge is 2.15. The van der Waals surface area contributed by atoms with E-state index < -0.39 is 24.1 Å². The summed E-state index contributed by atoms with van der Waals surface area (Å²) in [5.74, 6) is -0.715. The normalized spacial score (nSPS) is 11.7. The molecule has 3 rings (SSSR count). The Morgan fingerprint density at radius 2 is 1.66 bits per heavy atom. The van der Waals surface area contributed by atoms with Crippen molar-refractivity contribution in [3.05, 3.63) is 60.0 Å². The predicted molar refractivity (Wildman–Crippen MR) is 116 cm³/mol. The standard InChI is InChI=1S/C22H23FN4O5/c23-16-7-5-13(6-8-16)14-3-4-15-11-19(27-18(15)10-14)20(28)25-12-17(26-22(31)32)2-1-9-24-21(29)30/h3-8,10-11,17,24,26-27H,1-2,9,12H2,(H,25,28)(H,29,30)(H,31,32)/t17-/m1/s1. The number of aromatic nitrogens is 1. The van der Waals surface area contributed by atoms with Crippen LogP contribution in [0.3, 0.4) is 0 Å². The number of aromatic amines is 1. The third-order valence-corrected chi connectivity index (χ3v) is 4.89. The molecule has 0 bridgehead atoms. The van der Waals surface area contributed by atoms with Gasteiger partial charge < -0.3 is 31.1 Å². The van der Waals surface area contributed by atoms with Gasteiger partial charge in [-0.25, -0.2) is 14.0 Å². The van der Waals surface area contributed by atoms with E-state index in [0.29, 0.717) is 18.5 Å². The molecule has 0 aliphatic rings. The maximum atomic E-state index is 13.2. The fourth-order valence-electron chi connectivity index (χ4n) is 3.33. The molecule has 1 atom stereocenters. The average Bonchev–Trinajstić information content (AvgIpc) is 3.18. The zero-order valence-electron chi connectivity index (χ0n) is 17.0. The number of benzene rings is 2. The van der Waals surface area contributed by atoms with Crippen LogP contribution in [0.15, 0.2) is 48.5 Å². The molecular formula is C22H23FN4O5. The molecule has 0 aliphatic carbocycles. The van der Waals surface area contributed by atoms with Gasteiger partial charge in [0.15, 0.2) is 0 Å². The maximum absolute atomic E-state index is 13.2. The molecule has 6 N–H and O–H groups in total. The molecule has 168 valence electrons. The summed E-state index contributed by atoms with van der Waals surface area (Å²) in [6.45, 7) is 0.230. The van der Waals surface area contributed by atoms with Crippen molar-refractivity contribution in [2.24, 2.45) is 0 Å². The highest BCUT2D eigenvalue weighted by atomic mass is 19.1. The number of nitrogens with one attached hydrogen (secondary N) is 4. The number of halogens is 1. The summed E-state index contributed by atoms with van der Waals surface area (Å²) in [5.41, 5.74) is 2.76. The second kappa shape index (κ2) is 10.3. The number of carbonyl (C=O) groups excluding carboxylic acids is 1. The molecule has 0 aliphatic heterocycles. The number of hydrogen-bond donors (Lipinski definition) is 6. The first-order valence-electron chi connectivity index (χ1n) is 9.95. The minimum atomic E-state index is -1.23. The second-order valence-electron chi connectivity index (χ2n) is 7.22. The lowest BCUT2D eigenvalue weighted by Gasteiger charge is -2.17. The summed E-state index contributed by atoms with van der Waals surface area (Å²) in [6.07, 6.45) is -1.62. The van der Waals surface area contributed by atoms with Gasteiger partial charge >= 0.3 is 12.2 Å². The van der Waals surface area contributed by atoms with E-state index >= 15 is 0 Å². The van der Waals surface area contributed by atoms with Gasteiger partial charge in [0.25, 0.3) is 5.91 Å². The molecule has 3 amide bonds. The lowest BCUT2D eigenvalue weighted by atomic mass is 10.0. The van der Waals surface area contributed by atoms with Gasteiger partial charge in [0, 0.05) is 30.0 Å². The molecule has 9 nitrogen and oxygen atoms in total. The Balaban J connectivity index is 1.63. The summed E-state index contributed by atoms with van der Waals surface area (Å²) in [7, 11) is 0. The van der Waals surface area contributed by atoms with Gasteiger partial charge in [-0.2, -0.15) is 0 Å². The van der Waals surface area contributed by atoms with Crippen LogP contribution in [0.25, 0.3) is 22.0 Å². The van der Waals surface area contributed by atoms with Crippen LogP contribution in [-0.4, -0.2) is 52.4 Å². The van der Waals surface area contributed by atoms with Crippen molar-refractivity contribution < 1.29 is 29.0 Å². The number of hydrogen-bond acceptors (Lipinski definition) is 3. The molecule has 32 heavy (non-hydrogen) atoms. The zero-order valence-corrected chi connectivity index (χ0v) is 17.0. The van der Waals surface area contributed by atoms with Crippen molar-refractivity contribution in [2.45, 2.75) is 18.9 Å². The molecular weight excluding hydrogens is 419 g/mol. The molecule has 0 saturated heterocycles. The van der Waals surface area contributed by atoms with E-state index in [4.69, 9.17) is 10.2 Å². The lowest BCUT2D eigenvalue weighted by Crippen LogP contribution is -2.43. The molecule has 0 unspecified atom stereocenters. The molecule has 0 spiro atoms. The van der Waals surface area contributed by atoms with E-state index in [1.54, 1.807) is 18.2 Å². The monoisotopic (exact) mass is 442 g/mol. The van der Waals surface area contributed by atoms with E-state index in [2.05, 4.69) is 20.9 Å². The van der Waals surface area contributed by atoms with Crippen LogP contribution in [0.5, 0.6) is 0 Å². The number of H-pyrrole nitrogens is 1. The van der Waals surface area contributed by atoms with E-state index in [1.165, 1.54) is 12.1 Å². The lowest BCUT2D eigenvalue weighted by molar-refractivity contribution is 0.0943. The summed E-state index contributed by atoms with van der Waals surface area (Å²) in [4.78, 5) is 37.1. The van der Waals surface area contributed by atoms with Gasteiger partial charge in [-0.05, 0) is 48.2 Å². The predicted octanol–water partition coefficient (Wildman–Crippen LogP) is 3.39. The topological polar surface area (TPSA) is 144 Å². The fraction of sp³-hybridized carbons (Fsp3) is 0.227. The number of carbonyl (C=O) groups is 3.